The molecule has 0 aliphatic rings. The van der Waals surface area contributed by atoms with E-state index in [9.17, 15) is 9.59 Å². The SMILES string of the molecule is NC(=O)NC(=O)COc1ccc(N)c(Cl)c1. The van der Waals surface area contributed by atoms with Crippen LogP contribution >= 0.6 is 11.6 Å². The lowest BCUT2D eigenvalue weighted by Crippen LogP contribution is -2.38. The number of nitrogens with one attached hydrogen (secondary N) is 1. The number of benzene rings is 1. The van der Waals surface area contributed by atoms with Gasteiger partial charge in [-0.05, 0) is 12.1 Å². The van der Waals surface area contributed by atoms with Gasteiger partial charge in [-0.3, -0.25) is 10.1 Å². The van der Waals surface area contributed by atoms with Gasteiger partial charge in [0.15, 0.2) is 6.61 Å². The first-order valence-corrected chi connectivity index (χ1v) is 4.64. The Labute approximate surface area is 96.5 Å². The van der Waals surface area contributed by atoms with E-state index in [1.165, 1.54) is 6.07 Å². The van der Waals surface area contributed by atoms with Crippen molar-refractivity contribution in [1.29, 1.82) is 0 Å². The zero-order valence-corrected chi connectivity index (χ0v) is 8.95. The summed E-state index contributed by atoms with van der Waals surface area (Å²) < 4.78 is 5.04. The molecule has 0 atom stereocenters. The topological polar surface area (TPSA) is 107 Å². The van der Waals surface area contributed by atoms with Crippen molar-refractivity contribution in [3.05, 3.63) is 23.2 Å². The Morgan fingerprint density at radius 2 is 2.12 bits per heavy atom. The van der Waals surface area contributed by atoms with Gasteiger partial charge < -0.3 is 16.2 Å². The molecule has 0 aromatic heterocycles. The van der Waals surface area contributed by atoms with Gasteiger partial charge in [-0.1, -0.05) is 11.6 Å². The number of ether oxygens (including phenoxy) is 1. The predicted molar refractivity (Wildman–Crippen MR) is 59.1 cm³/mol. The van der Waals surface area contributed by atoms with Gasteiger partial charge in [-0.15, -0.1) is 0 Å². The van der Waals surface area contributed by atoms with E-state index in [-0.39, 0.29) is 6.61 Å². The van der Waals surface area contributed by atoms with E-state index in [1.54, 1.807) is 12.1 Å². The molecular formula is C9H10ClN3O3. The summed E-state index contributed by atoms with van der Waals surface area (Å²) in [6, 6.07) is 3.64. The number of carbonyl (C=O) groups excluding carboxylic acids is 2. The molecule has 1 aromatic carbocycles. The number of nitrogen functional groups attached to an aromatic ring is 1. The van der Waals surface area contributed by atoms with E-state index in [0.717, 1.165) is 0 Å². The minimum Gasteiger partial charge on any atom is -0.484 e. The normalized spacial score (nSPS) is 9.56. The highest BCUT2D eigenvalue weighted by atomic mass is 35.5. The number of nitrogens with two attached hydrogens (primary N) is 2. The zero-order chi connectivity index (χ0) is 12.1. The maximum Gasteiger partial charge on any atom is 0.318 e. The van der Waals surface area contributed by atoms with E-state index in [4.69, 9.17) is 27.8 Å². The number of carbonyl (C=O) groups is 2. The number of urea groups is 1. The van der Waals surface area contributed by atoms with Gasteiger partial charge >= 0.3 is 6.03 Å². The van der Waals surface area contributed by atoms with E-state index in [0.29, 0.717) is 16.5 Å². The van der Waals surface area contributed by atoms with Gasteiger partial charge in [0.1, 0.15) is 5.75 Å². The molecule has 0 bridgehead atoms. The van der Waals surface area contributed by atoms with E-state index in [1.807, 2.05) is 5.32 Å². The summed E-state index contributed by atoms with van der Waals surface area (Å²) in [4.78, 5) is 21.3. The summed E-state index contributed by atoms with van der Waals surface area (Å²) in [6.07, 6.45) is 0. The van der Waals surface area contributed by atoms with Crippen LogP contribution in [0.4, 0.5) is 10.5 Å². The van der Waals surface area contributed by atoms with Crippen molar-refractivity contribution >= 4 is 29.2 Å². The summed E-state index contributed by atoms with van der Waals surface area (Å²) in [7, 11) is 0. The second-order valence-corrected chi connectivity index (χ2v) is 3.29. The fraction of sp³-hybridized carbons (Fsp3) is 0.111. The van der Waals surface area contributed by atoms with Crippen LogP contribution in [0.15, 0.2) is 18.2 Å². The molecule has 0 heterocycles. The molecule has 86 valence electrons. The van der Waals surface area contributed by atoms with Crippen molar-refractivity contribution in [3.63, 3.8) is 0 Å². The molecule has 0 radical (unpaired) electrons. The Bertz CT molecular complexity index is 422. The van der Waals surface area contributed by atoms with Crippen LogP contribution in [0, 0.1) is 0 Å². The molecule has 0 spiro atoms. The fourth-order valence-corrected chi connectivity index (χ4v) is 1.09. The molecule has 5 N–H and O–H groups in total. The van der Waals surface area contributed by atoms with Crippen molar-refractivity contribution in [2.45, 2.75) is 0 Å². The minimum atomic E-state index is -0.927. The van der Waals surface area contributed by atoms with Crippen LogP contribution in [-0.4, -0.2) is 18.5 Å². The van der Waals surface area contributed by atoms with Crippen LogP contribution in [0.25, 0.3) is 0 Å². The van der Waals surface area contributed by atoms with E-state index in [2.05, 4.69) is 0 Å². The summed E-state index contributed by atoms with van der Waals surface area (Å²) in [6.45, 7) is -0.330. The molecule has 0 saturated carbocycles. The monoisotopic (exact) mass is 243 g/mol. The standard InChI is InChI=1S/C9H10ClN3O3/c10-6-3-5(1-2-7(6)11)16-4-8(14)13-9(12)15/h1-3H,4,11H2,(H3,12,13,14,15). The Morgan fingerprint density at radius 1 is 1.44 bits per heavy atom. The molecule has 3 amide bonds. The number of hydrogen-bond donors (Lipinski definition) is 3. The summed E-state index contributed by atoms with van der Waals surface area (Å²) in [5, 5.41) is 2.18. The molecule has 7 heteroatoms. The van der Waals surface area contributed by atoms with Crippen molar-refractivity contribution in [3.8, 4) is 5.75 Å². The number of amides is 3. The number of primary amides is 1. The average Bonchev–Trinajstić information content (AvgIpc) is 2.19. The third-order valence-electron chi connectivity index (χ3n) is 1.60. The van der Waals surface area contributed by atoms with Crippen LogP contribution in [0.5, 0.6) is 5.75 Å². The molecule has 0 unspecified atom stereocenters. The second-order valence-electron chi connectivity index (χ2n) is 2.88. The van der Waals surface area contributed by atoms with Crippen LogP contribution in [-0.2, 0) is 4.79 Å². The van der Waals surface area contributed by atoms with Gasteiger partial charge in [-0.2, -0.15) is 0 Å². The molecule has 1 rings (SSSR count). The molecule has 1 aromatic rings. The highest BCUT2D eigenvalue weighted by Gasteiger charge is 2.05. The van der Waals surface area contributed by atoms with Gasteiger partial charge in [-0.25, -0.2) is 4.79 Å². The Kier molecular flexibility index (Phi) is 3.96. The smallest absolute Gasteiger partial charge is 0.318 e. The van der Waals surface area contributed by atoms with Gasteiger partial charge in [0.25, 0.3) is 5.91 Å². The van der Waals surface area contributed by atoms with Gasteiger partial charge in [0, 0.05) is 6.07 Å². The number of hydrogen-bond acceptors (Lipinski definition) is 4. The molecule has 0 aliphatic heterocycles. The minimum absolute atomic E-state index is 0.327. The average molecular weight is 244 g/mol. The molecular weight excluding hydrogens is 234 g/mol. The molecule has 0 saturated heterocycles. The third kappa shape index (κ3) is 3.66. The van der Waals surface area contributed by atoms with Crippen molar-refractivity contribution in [2.75, 3.05) is 12.3 Å². The maximum atomic E-state index is 11.0. The first-order valence-electron chi connectivity index (χ1n) is 4.26. The Hall–Kier alpha value is -1.95. The first-order chi connectivity index (χ1) is 7.49. The highest BCUT2D eigenvalue weighted by molar-refractivity contribution is 6.33. The molecule has 16 heavy (non-hydrogen) atoms. The molecule has 0 aliphatic carbocycles. The number of anilines is 1. The molecule has 6 nitrogen and oxygen atoms in total. The van der Waals surface area contributed by atoms with Crippen LogP contribution in [0.1, 0.15) is 0 Å². The first kappa shape index (κ1) is 12.1. The zero-order valence-electron chi connectivity index (χ0n) is 8.20. The quantitative estimate of drug-likeness (QED) is 0.672. The number of halogens is 1. The van der Waals surface area contributed by atoms with E-state index >= 15 is 0 Å². The Balaban J connectivity index is 2.51. The largest absolute Gasteiger partial charge is 0.484 e. The van der Waals surface area contributed by atoms with E-state index < -0.39 is 11.9 Å². The van der Waals surface area contributed by atoms with Crippen LogP contribution in [0.3, 0.4) is 0 Å². The molecule has 0 fully saturated rings. The summed E-state index contributed by atoms with van der Waals surface area (Å²) >= 11 is 5.73. The maximum absolute atomic E-state index is 11.0. The van der Waals surface area contributed by atoms with Crippen molar-refractivity contribution in [2.24, 2.45) is 5.73 Å². The van der Waals surface area contributed by atoms with Crippen LogP contribution < -0.4 is 21.5 Å². The summed E-state index contributed by atoms with van der Waals surface area (Å²) in [5.41, 5.74) is 10.6. The predicted octanol–water partition coefficient (Wildman–Crippen LogP) is 0.496. The van der Waals surface area contributed by atoms with Crippen molar-refractivity contribution in [1.82, 2.24) is 5.32 Å². The fourth-order valence-electron chi connectivity index (χ4n) is 0.920. The highest BCUT2D eigenvalue weighted by Crippen LogP contribution is 2.23. The lowest BCUT2D eigenvalue weighted by Gasteiger charge is -2.06. The van der Waals surface area contributed by atoms with Crippen LogP contribution in [0.2, 0.25) is 5.02 Å². The number of imide groups is 1. The van der Waals surface area contributed by atoms with Gasteiger partial charge in [0.2, 0.25) is 0 Å². The summed E-state index contributed by atoms with van der Waals surface area (Å²) in [5.74, 6) is -0.265. The lowest BCUT2D eigenvalue weighted by atomic mass is 10.3. The Morgan fingerprint density at radius 3 is 2.69 bits per heavy atom. The van der Waals surface area contributed by atoms with Crippen molar-refractivity contribution < 1.29 is 14.3 Å². The second kappa shape index (κ2) is 5.22. The lowest BCUT2D eigenvalue weighted by molar-refractivity contribution is -0.121. The van der Waals surface area contributed by atoms with Gasteiger partial charge in [0.05, 0.1) is 10.7 Å². The number of rotatable bonds is 3. The third-order valence-corrected chi connectivity index (χ3v) is 1.93.